The van der Waals surface area contributed by atoms with E-state index >= 15 is 0 Å². The summed E-state index contributed by atoms with van der Waals surface area (Å²) in [5.41, 5.74) is 1.79. The molecule has 13 heavy (non-hydrogen) atoms. The molecular weight excluding hydrogens is 251 g/mol. The van der Waals surface area contributed by atoms with Crippen molar-refractivity contribution in [2.24, 2.45) is 0 Å². The summed E-state index contributed by atoms with van der Waals surface area (Å²) in [6.07, 6.45) is 0. The van der Waals surface area contributed by atoms with Gasteiger partial charge in [0.2, 0.25) is 0 Å². The van der Waals surface area contributed by atoms with E-state index in [1.54, 1.807) is 0 Å². The zero-order chi connectivity index (χ0) is 9.42. The molecule has 0 aliphatic rings. The topological polar surface area (TPSA) is 0 Å². The van der Waals surface area contributed by atoms with Crippen molar-refractivity contribution in [3.05, 3.63) is 34.5 Å². The highest BCUT2D eigenvalue weighted by Gasteiger charge is 2.10. The average molecular weight is 259 g/mol. The molecule has 0 bridgehead atoms. The van der Waals surface area contributed by atoms with Crippen molar-refractivity contribution >= 4 is 37.4 Å². The van der Waals surface area contributed by atoms with Crippen LogP contribution < -0.4 is 0 Å². The van der Waals surface area contributed by atoms with E-state index in [1.165, 1.54) is 11.3 Å². The van der Waals surface area contributed by atoms with Gasteiger partial charge in [0.15, 0.2) is 0 Å². The van der Waals surface area contributed by atoms with Crippen LogP contribution in [0.5, 0.6) is 0 Å². The van der Waals surface area contributed by atoms with Gasteiger partial charge in [-0.15, -0.1) is 11.3 Å². The van der Waals surface area contributed by atoms with Crippen LogP contribution in [0.1, 0.15) is 11.1 Å². The highest BCUT2D eigenvalue weighted by Crippen LogP contribution is 2.29. The number of halogens is 2. The van der Waals surface area contributed by atoms with Crippen molar-refractivity contribution in [1.29, 1.82) is 0 Å². The van der Waals surface area contributed by atoms with Gasteiger partial charge in [-0.3, -0.25) is 0 Å². The van der Waals surface area contributed by atoms with E-state index in [4.69, 9.17) is 0 Å². The zero-order valence-corrected chi connectivity index (χ0v) is 9.51. The third-order valence-corrected chi connectivity index (χ3v) is 3.63. The molecule has 0 saturated carbocycles. The number of rotatable bonds is 1. The Balaban J connectivity index is 2.85. The van der Waals surface area contributed by atoms with E-state index < -0.39 is 0 Å². The van der Waals surface area contributed by atoms with Gasteiger partial charge in [-0.2, -0.15) is 0 Å². The van der Waals surface area contributed by atoms with Gasteiger partial charge >= 0.3 is 0 Å². The Morgan fingerprint density at radius 1 is 1.54 bits per heavy atom. The van der Waals surface area contributed by atoms with Crippen LogP contribution in [-0.4, -0.2) is 0 Å². The molecule has 0 nitrogen and oxygen atoms in total. The maximum absolute atomic E-state index is 13.7. The number of alkyl halides is 1. The molecular formula is C10H8BrFS. The lowest BCUT2D eigenvalue weighted by atomic mass is 10.1. The van der Waals surface area contributed by atoms with Crippen LogP contribution in [0, 0.1) is 12.7 Å². The molecule has 0 aliphatic carbocycles. The second kappa shape index (κ2) is 3.39. The summed E-state index contributed by atoms with van der Waals surface area (Å²) in [5.74, 6) is -0.0677. The van der Waals surface area contributed by atoms with E-state index in [1.807, 2.05) is 24.4 Å². The Hall–Kier alpha value is -0.410. The van der Waals surface area contributed by atoms with E-state index in [0.717, 1.165) is 21.2 Å². The minimum Gasteiger partial charge on any atom is -0.205 e. The maximum Gasteiger partial charge on any atom is 0.145 e. The molecule has 0 radical (unpaired) electrons. The van der Waals surface area contributed by atoms with Gasteiger partial charge in [-0.05, 0) is 29.3 Å². The molecule has 3 heteroatoms. The first-order valence-corrected chi connectivity index (χ1v) is 5.95. The molecule has 0 amide bonds. The van der Waals surface area contributed by atoms with Gasteiger partial charge in [0.05, 0.1) is 4.70 Å². The second-order valence-electron chi connectivity index (χ2n) is 2.96. The van der Waals surface area contributed by atoms with Crippen LogP contribution in [0.2, 0.25) is 0 Å². The largest absolute Gasteiger partial charge is 0.205 e. The molecule has 0 N–H and O–H groups in total. The summed E-state index contributed by atoms with van der Waals surface area (Å²) in [4.78, 5) is 0. The minimum absolute atomic E-state index is 0.0677. The van der Waals surface area contributed by atoms with Gasteiger partial charge in [0.1, 0.15) is 5.82 Å². The van der Waals surface area contributed by atoms with Crippen molar-refractivity contribution in [1.82, 2.24) is 0 Å². The molecule has 0 saturated heterocycles. The molecule has 0 atom stereocenters. The van der Waals surface area contributed by atoms with Gasteiger partial charge in [-0.1, -0.05) is 22.0 Å². The number of hydrogen-bond donors (Lipinski definition) is 0. The van der Waals surface area contributed by atoms with Gasteiger partial charge in [-0.25, -0.2) is 4.39 Å². The van der Waals surface area contributed by atoms with Crippen molar-refractivity contribution < 1.29 is 4.39 Å². The molecule has 0 fully saturated rings. The Kier molecular flexibility index (Phi) is 2.39. The molecule has 1 aromatic carbocycles. The van der Waals surface area contributed by atoms with Gasteiger partial charge in [0.25, 0.3) is 0 Å². The van der Waals surface area contributed by atoms with Gasteiger partial charge in [0, 0.05) is 10.9 Å². The van der Waals surface area contributed by atoms with Crippen LogP contribution in [0.3, 0.4) is 0 Å². The Labute approximate surface area is 88.5 Å². The fraction of sp³-hybridized carbons (Fsp3) is 0.200. The van der Waals surface area contributed by atoms with Crippen molar-refractivity contribution in [3.8, 4) is 0 Å². The number of benzene rings is 1. The van der Waals surface area contributed by atoms with E-state index in [2.05, 4.69) is 15.9 Å². The number of thiophene rings is 1. The third kappa shape index (κ3) is 1.40. The monoisotopic (exact) mass is 258 g/mol. The van der Waals surface area contributed by atoms with Crippen LogP contribution in [-0.2, 0) is 5.33 Å². The zero-order valence-electron chi connectivity index (χ0n) is 7.10. The quantitative estimate of drug-likeness (QED) is 0.672. The lowest BCUT2D eigenvalue weighted by Gasteiger charge is -2.04. The van der Waals surface area contributed by atoms with Crippen molar-refractivity contribution in [2.45, 2.75) is 12.3 Å². The number of aryl methyl sites for hydroxylation is 1. The first kappa shape index (κ1) is 9.16. The van der Waals surface area contributed by atoms with Crippen LogP contribution >= 0.6 is 27.3 Å². The summed E-state index contributed by atoms with van der Waals surface area (Å²) in [6.45, 7) is 1.94. The van der Waals surface area contributed by atoms with E-state index in [9.17, 15) is 4.39 Å². The first-order valence-electron chi connectivity index (χ1n) is 3.95. The van der Waals surface area contributed by atoms with Gasteiger partial charge < -0.3 is 0 Å². The fourth-order valence-corrected chi connectivity index (χ4v) is 2.93. The van der Waals surface area contributed by atoms with E-state index in [0.29, 0.717) is 5.33 Å². The fourth-order valence-electron chi connectivity index (χ4n) is 1.41. The molecule has 0 unspecified atom stereocenters. The molecule has 1 aromatic heterocycles. The minimum atomic E-state index is -0.0677. The number of hydrogen-bond acceptors (Lipinski definition) is 1. The Bertz CT molecular complexity index is 447. The van der Waals surface area contributed by atoms with Crippen LogP contribution in [0.25, 0.3) is 10.1 Å². The molecule has 2 rings (SSSR count). The third-order valence-electron chi connectivity index (χ3n) is 2.14. The standard InChI is InChI=1S/C10H8BrFS/c1-6-4-7-2-3-13-10(7)9(12)8(6)5-11/h2-4H,5H2,1H3. The molecule has 1 heterocycles. The highest BCUT2D eigenvalue weighted by atomic mass is 79.9. The number of fused-ring (bicyclic) bond motifs is 1. The normalized spacial score (nSPS) is 11.0. The summed E-state index contributed by atoms with van der Waals surface area (Å²) in [5, 5.41) is 3.51. The van der Waals surface area contributed by atoms with Crippen LogP contribution in [0.4, 0.5) is 4.39 Å². The first-order chi connectivity index (χ1) is 6.24. The molecule has 0 aliphatic heterocycles. The van der Waals surface area contributed by atoms with Crippen LogP contribution in [0.15, 0.2) is 17.5 Å². The molecule has 0 spiro atoms. The SMILES string of the molecule is Cc1cc2ccsc2c(F)c1CBr. The molecule has 2 aromatic rings. The second-order valence-corrected chi connectivity index (χ2v) is 4.44. The Morgan fingerprint density at radius 2 is 2.31 bits per heavy atom. The summed E-state index contributed by atoms with van der Waals surface area (Å²) in [7, 11) is 0. The predicted octanol–water partition coefficient (Wildman–Crippen LogP) is 4.24. The predicted molar refractivity (Wildman–Crippen MR) is 59.2 cm³/mol. The highest BCUT2D eigenvalue weighted by molar-refractivity contribution is 9.08. The lowest BCUT2D eigenvalue weighted by Crippen LogP contribution is -1.90. The smallest absolute Gasteiger partial charge is 0.145 e. The van der Waals surface area contributed by atoms with Crippen molar-refractivity contribution in [2.75, 3.05) is 0 Å². The average Bonchev–Trinajstić information content (AvgIpc) is 2.53. The lowest BCUT2D eigenvalue weighted by molar-refractivity contribution is 0.630. The maximum atomic E-state index is 13.7. The Morgan fingerprint density at radius 3 is 3.00 bits per heavy atom. The summed E-state index contributed by atoms with van der Waals surface area (Å²) < 4.78 is 14.5. The summed E-state index contributed by atoms with van der Waals surface area (Å²) in [6, 6.07) is 3.99. The van der Waals surface area contributed by atoms with Crippen molar-refractivity contribution in [3.63, 3.8) is 0 Å². The molecule has 68 valence electrons. The summed E-state index contributed by atoms with van der Waals surface area (Å²) >= 11 is 4.75. The van der Waals surface area contributed by atoms with E-state index in [-0.39, 0.29) is 5.82 Å².